The summed E-state index contributed by atoms with van der Waals surface area (Å²) in [5, 5.41) is 13.7. The molecule has 1 atom stereocenters. The van der Waals surface area contributed by atoms with Crippen molar-refractivity contribution in [3.8, 4) is 5.75 Å². The molecule has 1 N–H and O–H groups in total. The van der Waals surface area contributed by atoms with E-state index in [4.69, 9.17) is 9.47 Å². The first-order valence-electron chi connectivity index (χ1n) is 6.84. The summed E-state index contributed by atoms with van der Waals surface area (Å²) >= 11 is 0. The van der Waals surface area contributed by atoms with E-state index >= 15 is 0 Å². The van der Waals surface area contributed by atoms with Gasteiger partial charge in [-0.2, -0.15) is 0 Å². The maximum atomic E-state index is 12.0. The van der Waals surface area contributed by atoms with E-state index in [9.17, 15) is 14.9 Å². The molecular weight excluding hydrogens is 276 g/mol. The topological polar surface area (TPSA) is 90.7 Å². The maximum absolute atomic E-state index is 12.0. The molecule has 7 nitrogen and oxygen atoms in total. The van der Waals surface area contributed by atoms with Crippen LogP contribution < -0.4 is 10.1 Å². The largest absolute Gasteiger partial charge is 0.490 e. The Kier molecular flexibility index (Phi) is 5.10. The van der Waals surface area contributed by atoms with E-state index in [-0.39, 0.29) is 29.0 Å². The normalized spacial score (nSPS) is 17.5. The number of hydrogen-bond acceptors (Lipinski definition) is 5. The first kappa shape index (κ1) is 15.2. The van der Waals surface area contributed by atoms with Crippen LogP contribution in [-0.4, -0.2) is 37.2 Å². The SMILES string of the molecule is COc1ccc(C(=O)NCC[C@H]2CCCO2)cc1[N+](=O)[O-]. The summed E-state index contributed by atoms with van der Waals surface area (Å²) in [6.45, 7) is 1.27. The Balaban J connectivity index is 1.95. The Morgan fingerprint density at radius 2 is 2.38 bits per heavy atom. The number of carbonyl (C=O) groups is 1. The summed E-state index contributed by atoms with van der Waals surface area (Å²) in [7, 11) is 1.35. The van der Waals surface area contributed by atoms with E-state index in [1.807, 2.05) is 0 Å². The number of nitro benzene ring substituents is 1. The molecule has 0 aromatic heterocycles. The smallest absolute Gasteiger partial charge is 0.311 e. The molecule has 1 saturated heterocycles. The molecule has 1 fully saturated rings. The Morgan fingerprint density at radius 3 is 3.00 bits per heavy atom. The van der Waals surface area contributed by atoms with E-state index in [1.54, 1.807) is 0 Å². The van der Waals surface area contributed by atoms with E-state index in [0.717, 1.165) is 25.9 Å². The van der Waals surface area contributed by atoms with Gasteiger partial charge in [0.2, 0.25) is 0 Å². The molecule has 1 aromatic rings. The van der Waals surface area contributed by atoms with Crippen molar-refractivity contribution in [1.82, 2.24) is 5.32 Å². The van der Waals surface area contributed by atoms with Crippen molar-refractivity contribution in [3.05, 3.63) is 33.9 Å². The zero-order chi connectivity index (χ0) is 15.2. The average molecular weight is 294 g/mol. The van der Waals surface area contributed by atoms with Gasteiger partial charge in [-0.3, -0.25) is 14.9 Å². The molecule has 1 aromatic carbocycles. The van der Waals surface area contributed by atoms with Gasteiger partial charge in [0, 0.05) is 24.8 Å². The highest BCUT2D eigenvalue weighted by atomic mass is 16.6. The number of amides is 1. The highest BCUT2D eigenvalue weighted by Gasteiger charge is 2.19. The summed E-state index contributed by atoms with van der Waals surface area (Å²) in [5.41, 5.74) is 0.0270. The van der Waals surface area contributed by atoms with E-state index < -0.39 is 4.92 Å². The zero-order valence-electron chi connectivity index (χ0n) is 11.8. The molecule has 1 aliphatic heterocycles. The van der Waals surface area contributed by atoms with Crippen molar-refractivity contribution in [2.75, 3.05) is 20.3 Å². The fourth-order valence-electron chi connectivity index (χ4n) is 2.29. The number of ether oxygens (including phenoxy) is 2. The third-order valence-corrected chi connectivity index (χ3v) is 3.41. The minimum atomic E-state index is -0.567. The van der Waals surface area contributed by atoms with Gasteiger partial charge in [0.1, 0.15) is 0 Å². The number of nitrogens with one attached hydrogen (secondary N) is 1. The molecule has 0 radical (unpaired) electrons. The lowest BCUT2D eigenvalue weighted by Gasteiger charge is -2.10. The van der Waals surface area contributed by atoms with Crippen LogP contribution in [0.1, 0.15) is 29.6 Å². The monoisotopic (exact) mass is 294 g/mol. The van der Waals surface area contributed by atoms with Gasteiger partial charge in [-0.15, -0.1) is 0 Å². The Morgan fingerprint density at radius 1 is 1.57 bits per heavy atom. The van der Waals surface area contributed by atoms with E-state index in [0.29, 0.717) is 6.54 Å². The minimum absolute atomic E-state index is 0.135. The van der Waals surface area contributed by atoms with Gasteiger partial charge in [0.05, 0.1) is 18.1 Å². The van der Waals surface area contributed by atoms with Gasteiger partial charge in [0.25, 0.3) is 5.91 Å². The second-order valence-electron chi connectivity index (χ2n) is 4.82. The zero-order valence-corrected chi connectivity index (χ0v) is 11.8. The highest BCUT2D eigenvalue weighted by molar-refractivity contribution is 5.95. The molecule has 21 heavy (non-hydrogen) atoms. The molecule has 7 heteroatoms. The van der Waals surface area contributed by atoms with Crippen LogP contribution in [0, 0.1) is 10.1 Å². The molecule has 2 rings (SSSR count). The maximum Gasteiger partial charge on any atom is 0.311 e. The number of rotatable bonds is 6. The second-order valence-corrected chi connectivity index (χ2v) is 4.82. The summed E-state index contributed by atoms with van der Waals surface area (Å²) in [5.74, 6) is -0.199. The lowest BCUT2D eigenvalue weighted by atomic mass is 10.1. The molecule has 1 aliphatic rings. The van der Waals surface area contributed by atoms with Crippen molar-refractivity contribution >= 4 is 11.6 Å². The van der Waals surface area contributed by atoms with Gasteiger partial charge < -0.3 is 14.8 Å². The standard InChI is InChI=1S/C14H18N2O5/c1-20-13-5-4-10(9-12(13)16(18)19)14(17)15-7-6-11-3-2-8-21-11/h4-5,9,11H,2-3,6-8H2,1H3,(H,15,17)/t11-/m1/s1. The summed E-state index contributed by atoms with van der Waals surface area (Å²) in [6, 6.07) is 4.15. The number of nitrogens with zero attached hydrogens (tertiary/aromatic N) is 1. The molecule has 0 saturated carbocycles. The molecule has 0 aliphatic carbocycles. The predicted molar refractivity (Wildman–Crippen MR) is 75.6 cm³/mol. The Bertz CT molecular complexity index is 526. The van der Waals surface area contributed by atoms with E-state index in [1.165, 1.54) is 25.3 Å². The first-order chi connectivity index (χ1) is 10.1. The van der Waals surface area contributed by atoms with Gasteiger partial charge in [0.15, 0.2) is 5.75 Å². The molecule has 1 amide bonds. The van der Waals surface area contributed by atoms with Crippen LogP contribution in [0.15, 0.2) is 18.2 Å². The van der Waals surface area contributed by atoms with Crippen LogP contribution in [0.3, 0.4) is 0 Å². The molecule has 114 valence electrons. The van der Waals surface area contributed by atoms with Crippen molar-refractivity contribution < 1.29 is 19.2 Å². The van der Waals surface area contributed by atoms with Gasteiger partial charge in [-0.1, -0.05) is 0 Å². The molecular formula is C14H18N2O5. The number of hydrogen-bond donors (Lipinski definition) is 1. The predicted octanol–water partition coefficient (Wildman–Crippen LogP) is 1.90. The minimum Gasteiger partial charge on any atom is -0.490 e. The second kappa shape index (κ2) is 7.03. The van der Waals surface area contributed by atoms with Crippen molar-refractivity contribution in [1.29, 1.82) is 0 Å². The molecule has 0 spiro atoms. The van der Waals surface area contributed by atoms with Gasteiger partial charge in [-0.05, 0) is 31.4 Å². The van der Waals surface area contributed by atoms with E-state index in [2.05, 4.69) is 5.32 Å². The van der Waals surface area contributed by atoms with Gasteiger partial charge >= 0.3 is 5.69 Å². The summed E-state index contributed by atoms with van der Waals surface area (Å²) in [6.07, 6.45) is 3.03. The third-order valence-electron chi connectivity index (χ3n) is 3.41. The summed E-state index contributed by atoms with van der Waals surface area (Å²) < 4.78 is 10.4. The lowest BCUT2D eigenvalue weighted by Crippen LogP contribution is -2.27. The lowest BCUT2D eigenvalue weighted by molar-refractivity contribution is -0.385. The van der Waals surface area contributed by atoms with Crippen molar-refractivity contribution in [2.24, 2.45) is 0 Å². The number of benzene rings is 1. The van der Waals surface area contributed by atoms with Crippen molar-refractivity contribution in [2.45, 2.75) is 25.4 Å². The fraction of sp³-hybridized carbons (Fsp3) is 0.500. The average Bonchev–Trinajstić information content (AvgIpc) is 2.99. The molecule has 0 bridgehead atoms. The Labute approximate surface area is 122 Å². The summed E-state index contributed by atoms with van der Waals surface area (Å²) in [4.78, 5) is 22.3. The van der Waals surface area contributed by atoms with Crippen molar-refractivity contribution in [3.63, 3.8) is 0 Å². The van der Waals surface area contributed by atoms with Crippen LogP contribution in [-0.2, 0) is 4.74 Å². The molecule has 1 heterocycles. The van der Waals surface area contributed by atoms with Crippen LogP contribution in [0.4, 0.5) is 5.69 Å². The van der Waals surface area contributed by atoms with Crippen LogP contribution >= 0.6 is 0 Å². The van der Waals surface area contributed by atoms with Crippen LogP contribution in [0.2, 0.25) is 0 Å². The molecule has 0 unspecified atom stereocenters. The van der Waals surface area contributed by atoms with Gasteiger partial charge in [-0.25, -0.2) is 0 Å². The number of carbonyl (C=O) groups excluding carboxylic acids is 1. The Hall–Kier alpha value is -2.15. The number of nitro groups is 1. The third kappa shape index (κ3) is 3.91. The number of methoxy groups -OCH3 is 1. The van der Waals surface area contributed by atoms with Crippen LogP contribution in [0.25, 0.3) is 0 Å². The van der Waals surface area contributed by atoms with Crippen LogP contribution in [0.5, 0.6) is 5.75 Å². The first-order valence-corrected chi connectivity index (χ1v) is 6.84. The quantitative estimate of drug-likeness (QED) is 0.639. The highest BCUT2D eigenvalue weighted by Crippen LogP contribution is 2.27. The fourth-order valence-corrected chi connectivity index (χ4v) is 2.29.